The highest BCUT2D eigenvalue weighted by atomic mass is 32.2. The molecule has 2 aliphatic heterocycles. The van der Waals surface area contributed by atoms with E-state index in [1.54, 1.807) is 4.90 Å². The molecule has 4 rings (SSSR count). The minimum Gasteiger partial charge on any atom is -0.481 e. The number of nitrogens with zero attached hydrogens (tertiary/aromatic N) is 2. The number of nitrogens with one attached hydrogen (secondary N) is 4. The Kier molecular flexibility index (Phi) is 9.57. The van der Waals surface area contributed by atoms with Crippen LogP contribution in [-0.4, -0.2) is 80.8 Å². The molecule has 2 aromatic rings. The maximum absolute atomic E-state index is 15.1. The molecule has 2 heterocycles. The smallest absolute Gasteiger partial charge is 0.335 e. The van der Waals surface area contributed by atoms with E-state index in [9.17, 15) is 27.9 Å². The summed E-state index contributed by atoms with van der Waals surface area (Å²) in [6.07, 6.45) is -0.426. The van der Waals surface area contributed by atoms with Crippen LogP contribution >= 0.6 is 0 Å². The lowest BCUT2D eigenvalue weighted by atomic mass is 10.0. The first-order chi connectivity index (χ1) is 19.9. The van der Waals surface area contributed by atoms with E-state index in [0.717, 1.165) is 55.8 Å². The zero-order chi connectivity index (χ0) is 30.4. The molecule has 0 radical (unpaired) electrons. The van der Waals surface area contributed by atoms with Gasteiger partial charge >= 0.3 is 11.9 Å². The van der Waals surface area contributed by atoms with Crippen LogP contribution in [0.25, 0.3) is 0 Å². The van der Waals surface area contributed by atoms with Crippen LogP contribution in [0.3, 0.4) is 0 Å². The maximum atomic E-state index is 15.1. The van der Waals surface area contributed by atoms with Crippen molar-refractivity contribution in [3.05, 3.63) is 59.2 Å². The van der Waals surface area contributed by atoms with E-state index in [2.05, 4.69) is 20.9 Å². The molecule has 1 amide bonds. The largest absolute Gasteiger partial charge is 0.481 e. The second-order valence-electron chi connectivity index (χ2n) is 9.75. The Morgan fingerprint density at radius 1 is 1.05 bits per heavy atom. The van der Waals surface area contributed by atoms with E-state index in [-0.39, 0.29) is 17.3 Å². The number of benzene rings is 2. The number of rotatable bonds is 10. The first kappa shape index (κ1) is 30.6. The van der Waals surface area contributed by atoms with Crippen molar-refractivity contribution >= 4 is 39.5 Å². The van der Waals surface area contributed by atoms with Crippen LogP contribution in [0.5, 0.6) is 0 Å². The topological polar surface area (TPSA) is 190 Å². The van der Waals surface area contributed by atoms with E-state index in [1.807, 2.05) is 4.72 Å². The van der Waals surface area contributed by atoms with Gasteiger partial charge in [-0.25, -0.2) is 22.0 Å². The number of guanidine groups is 1. The van der Waals surface area contributed by atoms with Gasteiger partial charge in [0.1, 0.15) is 6.17 Å². The fourth-order valence-electron chi connectivity index (χ4n) is 4.61. The first-order valence-corrected chi connectivity index (χ1v) is 14.6. The molecule has 2 aromatic carbocycles. The molecule has 0 saturated carbocycles. The highest BCUT2D eigenvalue weighted by Gasteiger charge is 2.29. The van der Waals surface area contributed by atoms with Crippen molar-refractivity contribution in [1.82, 2.24) is 20.7 Å². The zero-order valence-corrected chi connectivity index (χ0v) is 23.1. The lowest BCUT2D eigenvalue weighted by molar-refractivity contribution is -0.137. The number of aromatic carboxylic acids is 1. The van der Waals surface area contributed by atoms with Crippen LogP contribution in [0.4, 0.5) is 14.5 Å². The molecule has 1 saturated heterocycles. The number of carboxylic acid groups (broad SMARTS) is 2. The predicted molar refractivity (Wildman–Crippen MR) is 147 cm³/mol. The lowest BCUT2D eigenvalue weighted by Crippen LogP contribution is -2.50. The van der Waals surface area contributed by atoms with Gasteiger partial charge in [0, 0.05) is 32.2 Å². The molecule has 42 heavy (non-hydrogen) atoms. The maximum Gasteiger partial charge on any atom is 0.335 e. The van der Waals surface area contributed by atoms with Crippen molar-refractivity contribution in [3.63, 3.8) is 0 Å². The van der Waals surface area contributed by atoms with E-state index < -0.39 is 62.5 Å². The number of carbonyl (C=O) groups excluding carboxylic acids is 1. The fraction of sp³-hybridized carbons (Fsp3) is 0.385. The Morgan fingerprint density at radius 2 is 1.74 bits per heavy atom. The monoisotopic (exact) mass is 608 g/mol. The van der Waals surface area contributed by atoms with Gasteiger partial charge in [0.25, 0.3) is 5.91 Å². The van der Waals surface area contributed by atoms with Crippen LogP contribution in [0.2, 0.25) is 0 Å². The quantitative estimate of drug-likeness (QED) is 0.213. The second-order valence-corrected chi connectivity index (χ2v) is 11.5. The number of amides is 1. The molecule has 1 atom stereocenters. The number of hydrogen-bond donors (Lipinski definition) is 6. The van der Waals surface area contributed by atoms with Crippen LogP contribution in [0.15, 0.2) is 46.3 Å². The second kappa shape index (κ2) is 13.1. The third-order valence-electron chi connectivity index (χ3n) is 6.77. The fourth-order valence-corrected chi connectivity index (χ4v) is 5.76. The van der Waals surface area contributed by atoms with Gasteiger partial charge in [-0.1, -0.05) is 0 Å². The Balaban J connectivity index is 1.43. The average molecular weight is 609 g/mol. The molecule has 0 spiro atoms. The lowest BCUT2D eigenvalue weighted by Gasteiger charge is -2.35. The summed E-state index contributed by atoms with van der Waals surface area (Å²) in [5.41, 5.74) is -0.962. The van der Waals surface area contributed by atoms with Crippen molar-refractivity contribution in [2.75, 3.05) is 31.1 Å². The molecule has 226 valence electrons. The van der Waals surface area contributed by atoms with E-state index in [1.165, 1.54) is 6.07 Å². The third-order valence-corrected chi connectivity index (χ3v) is 8.26. The average Bonchev–Trinajstić information content (AvgIpc) is 2.95. The number of aliphatic imine (C=N–C) groups is 1. The standard InChI is InChI=1S/C26H30F2N6O7S/c27-22-18(6-7-19(23(22)28)34-12-8-16(9-13-34)31-26-29-10-1-11-30-26)24(37)32-20(14-21(35)36)33-42(40,41)17-4-2-15(3-5-17)25(38)39/h2-7,16,20,33H,1,8-14H2,(H,32,37)(H,35,36)(H,38,39)(H2,29,30,31). The molecular formula is C26H30F2N6O7S. The number of piperidine rings is 1. The Hall–Kier alpha value is -4.31. The number of sulfonamides is 1. The summed E-state index contributed by atoms with van der Waals surface area (Å²) in [6.45, 7) is 2.41. The van der Waals surface area contributed by atoms with E-state index in [4.69, 9.17) is 5.11 Å². The summed E-state index contributed by atoms with van der Waals surface area (Å²) in [4.78, 5) is 40.8. The van der Waals surface area contributed by atoms with Crippen molar-refractivity contribution in [2.24, 2.45) is 4.99 Å². The zero-order valence-electron chi connectivity index (χ0n) is 22.3. The van der Waals surface area contributed by atoms with Crippen LogP contribution in [-0.2, 0) is 14.8 Å². The van der Waals surface area contributed by atoms with Crippen molar-refractivity contribution in [3.8, 4) is 0 Å². The highest BCUT2D eigenvalue weighted by molar-refractivity contribution is 7.89. The third kappa shape index (κ3) is 7.50. The SMILES string of the molecule is O=C(O)CC(NC(=O)c1ccc(N2CCC(NC3=NCCCN3)CC2)c(F)c1F)NS(=O)(=O)c1ccc(C(=O)O)cc1. The van der Waals surface area contributed by atoms with Gasteiger partial charge in [0.05, 0.1) is 28.1 Å². The predicted octanol–water partition coefficient (Wildman–Crippen LogP) is 1.08. The number of anilines is 1. The molecule has 16 heteroatoms. The van der Waals surface area contributed by atoms with Gasteiger partial charge in [0.2, 0.25) is 10.0 Å². The molecule has 0 aromatic heterocycles. The van der Waals surface area contributed by atoms with Crippen LogP contribution < -0.4 is 25.6 Å². The summed E-state index contributed by atoms with van der Waals surface area (Å²) >= 11 is 0. The van der Waals surface area contributed by atoms with Crippen LogP contribution in [0, 0.1) is 11.6 Å². The molecule has 0 aliphatic carbocycles. The molecule has 13 nitrogen and oxygen atoms in total. The Labute approximate surface area is 240 Å². The summed E-state index contributed by atoms with van der Waals surface area (Å²) in [5, 5.41) is 26.8. The molecule has 6 N–H and O–H groups in total. The van der Waals surface area contributed by atoms with Gasteiger partial charge in [-0.05, 0) is 55.7 Å². The number of carboxylic acids is 2. The van der Waals surface area contributed by atoms with Gasteiger partial charge < -0.3 is 31.1 Å². The minimum absolute atomic E-state index is 0.0387. The van der Waals surface area contributed by atoms with Crippen molar-refractivity contribution in [1.29, 1.82) is 0 Å². The summed E-state index contributed by atoms with van der Waals surface area (Å²) in [6, 6.07) is 6.43. The van der Waals surface area contributed by atoms with Gasteiger partial charge in [-0.3, -0.25) is 14.6 Å². The van der Waals surface area contributed by atoms with Gasteiger partial charge in [-0.15, -0.1) is 0 Å². The first-order valence-electron chi connectivity index (χ1n) is 13.1. The summed E-state index contributed by atoms with van der Waals surface area (Å²) in [7, 11) is -4.44. The minimum atomic E-state index is -4.44. The molecule has 1 unspecified atom stereocenters. The van der Waals surface area contributed by atoms with Gasteiger partial charge in [0.15, 0.2) is 17.6 Å². The number of hydrogen-bond acceptors (Lipinski definition) is 9. The number of carbonyl (C=O) groups is 3. The summed E-state index contributed by atoms with van der Waals surface area (Å²) in [5.74, 6) is -6.01. The van der Waals surface area contributed by atoms with E-state index in [0.29, 0.717) is 25.9 Å². The Bertz CT molecular complexity index is 1480. The number of halogens is 2. The summed E-state index contributed by atoms with van der Waals surface area (Å²) < 4.78 is 57.7. The molecule has 1 fully saturated rings. The molecule has 2 aliphatic rings. The van der Waals surface area contributed by atoms with Crippen LogP contribution in [0.1, 0.15) is 46.4 Å². The van der Waals surface area contributed by atoms with Crippen molar-refractivity contribution in [2.45, 2.75) is 42.8 Å². The number of aliphatic carboxylic acids is 1. The van der Waals surface area contributed by atoms with E-state index >= 15 is 8.78 Å². The highest BCUT2D eigenvalue weighted by Crippen LogP contribution is 2.27. The normalized spacial score (nSPS) is 16.6. The van der Waals surface area contributed by atoms with Crippen molar-refractivity contribution < 1.29 is 41.8 Å². The van der Waals surface area contributed by atoms with Gasteiger partial charge in [-0.2, -0.15) is 4.72 Å². The Morgan fingerprint density at radius 3 is 2.33 bits per heavy atom. The molecule has 0 bridgehead atoms. The molecular weight excluding hydrogens is 578 g/mol.